The first kappa shape index (κ1) is 14.4. The third kappa shape index (κ3) is 2.50. The van der Waals surface area contributed by atoms with E-state index in [2.05, 4.69) is 10.6 Å². The number of amides is 3. The number of carbonyl (C=O) groups is 2. The zero-order chi connectivity index (χ0) is 15.9. The number of phenols is 1. The summed E-state index contributed by atoms with van der Waals surface area (Å²) in [6, 6.07) is 5.43. The molecular weight excluding hydrogens is 286 g/mol. The summed E-state index contributed by atoms with van der Waals surface area (Å²) in [5, 5.41) is 24.2. The topological polar surface area (TPSA) is 102 Å². The van der Waals surface area contributed by atoms with E-state index in [0.29, 0.717) is 16.8 Å². The first-order valence-corrected chi connectivity index (χ1v) is 7.02. The second-order valence-electron chi connectivity index (χ2n) is 5.55. The van der Waals surface area contributed by atoms with Crippen LogP contribution in [0.15, 0.2) is 35.5 Å². The van der Waals surface area contributed by atoms with E-state index in [9.17, 15) is 19.8 Å². The summed E-state index contributed by atoms with van der Waals surface area (Å²) in [4.78, 5) is 25.9. The molecule has 0 saturated carbocycles. The van der Waals surface area contributed by atoms with Crippen molar-refractivity contribution in [1.29, 1.82) is 0 Å². The van der Waals surface area contributed by atoms with Crippen LogP contribution in [0.2, 0.25) is 0 Å². The Balaban J connectivity index is 1.94. The Bertz CT molecular complexity index is 651. The van der Waals surface area contributed by atoms with Crippen molar-refractivity contribution in [3.05, 3.63) is 41.1 Å². The Morgan fingerprint density at radius 2 is 2.00 bits per heavy atom. The zero-order valence-corrected chi connectivity index (χ0v) is 12.0. The highest BCUT2D eigenvalue weighted by atomic mass is 16.3. The van der Waals surface area contributed by atoms with Gasteiger partial charge in [-0.05, 0) is 24.6 Å². The van der Waals surface area contributed by atoms with Crippen molar-refractivity contribution in [1.82, 2.24) is 15.5 Å². The molecule has 1 aromatic rings. The fraction of sp³-hybridized carbons (Fsp3) is 0.333. The van der Waals surface area contributed by atoms with Crippen LogP contribution in [0, 0.1) is 0 Å². The van der Waals surface area contributed by atoms with Crippen LogP contribution >= 0.6 is 0 Å². The number of aliphatic hydroxyl groups is 1. The van der Waals surface area contributed by atoms with E-state index in [4.69, 9.17) is 0 Å². The minimum Gasteiger partial charge on any atom is -0.508 e. The number of carbonyl (C=O) groups excluding carboxylic acids is 2. The number of benzene rings is 1. The normalized spacial score (nSPS) is 22.3. The summed E-state index contributed by atoms with van der Waals surface area (Å²) in [5.74, 6) is -0.0897. The molecule has 2 aliphatic rings. The van der Waals surface area contributed by atoms with Crippen molar-refractivity contribution in [2.24, 2.45) is 0 Å². The van der Waals surface area contributed by atoms with Crippen LogP contribution in [0.4, 0.5) is 4.79 Å². The number of aromatic hydroxyl groups is 1. The first-order chi connectivity index (χ1) is 10.5. The van der Waals surface area contributed by atoms with Gasteiger partial charge in [0.15, 0.2) is 0 Å². The van der Waals surface area contributed by atoms with Crippen LogP contribution in [-0.2, 0) is 4.79 Å². The van der Waals surface area contributed by atoms with Crippen LogP contribution in [0.5, 0.6) is 5.75 Å². The van der Waals surface area contributed by atoms with Crippen LogP contribution in [0.1, 0.15) is 18.5 Å². The predicted molar refractivity (Wildman–Crippen MR) is 77.8 cm³/mol. The number of nitrogens with one attached hydrogen (secondary N) is 2. The summed E-state index contributed by atoms with van der Waals surface area (Å²) >= 11 is 0. The monoisotopic (exact) mass is 303 g/mol. The zero-order valence-electron chi connectivity index (χ0n) is 12.0. The molecule has 7 nitrogen and oxygen atoms in total. The molecule has 3 rings (SSSR count). The molecule has 2 unspecified atom stereocenters. The largest absolute Gasteiger partial charge is 0.508 e. The van der Waals surface area contributed by atoms with Crippen molar-refractivity contribution < 1.29 is 19.8 Å². The van der Waals surface area contributed by atoms with E-state index in [1.165, 1.54) is 17.0 Å². The van der Waals surface area contributed by atoms with Crippen LogP contribution in [0.3, 0.4) is 0 Å². The van der Waals surface area contributed by atoms with E-state index in [0.717, 1.165) is 0 Å². The molecule has 2 heterocycles. The van der Waals surface area contributed by atoms with Crippen molar-refractivity contribution >= 4 is 11.9 Å². The van der Waals surface area contributed by atoms with Crippen molar-refractivity contribution in [2.45, 2.75) is 19.1 Å². The molecule has 22 heavy (non-hydrogen) atoms. The second kappa shape index (κ2) is 5.34. The van der Waals surface area contributed by atoms with Gasteiger partial charge >= 0.3 is 6.03 Å². The molecule has 0 saturated heterocycles. The average molecular weight is 303 g/mol. The van der Waals surface area contributed by atoms with E-state index in [-0.39, 0.29) is 30.8 Å². The highest BCUT2D eigenvalue weighted by Crippen LogP contribution is 2.32. The number of rotatable bonds is 3. The maximum absolute atomic E-state index is 12.5. The number of hydrogen-bond acceptors (Lipinski definition) is 4. The Morgan fingerprint density at radius 3 is 2.64 bits per heavy atom. The van der Waals surface area contributed by atoms with Gasteiger partial charge in [0.05, 0.1) is 30.0 Å². The molecule has 3 amide bonds. The fourth-order valence-corrected chi connectivity index (χ4v) is 2.81. The van der Waals surface area contributed by atoms with Crippen molar-refractivity contribution in [3.8, 4) is 5.75 Å². The molecule has 0 aromatic heterocycles. The lowest BCUT2D eigenvalue weighted by molar-refractivity contribution is -0.126. The molecule has 0 aliphatic carbocycles. The summed E-state index contributed by atoms with van der Waals surface area (Å²) < 4.78 is 0. The average Bonchev–Trinajstić information content (AvgIpc) is 2.74. The lowest BCUT2D eigenvalue weighted by Crippen LogP contribution is -2.44. The Labute approximate surface area is 127 Å². The third-order valence-electron chi connectivity index (χ3n) is 3.73. The third-order valence-corrected chi connectivity index (χ3v) is 3.73. The number of urea groups is 1. The minimum atomic E-state index is -0.638. The molecule has 1 aromatic carbocycles. The van der Waals surface area contributed by atoms with E-state index in [1.54, 1.807) is 19.1 Å². The Morgan fingerprint density at radius 1 is 1.32 bits per heavy atom. The molecule has 7 heteroatoms. The van der Waals surface area contributed by atoms with Gasteiger partial charge in [0, 0.05) is 6.54 Å². The van der Waals surface area contributed by atoms with E-state index < -0.39 is 12.1 Å². The van der Waals surface area contributed by atoms with Gasteiger partial charge in [-0.2, -0.15) is 0 Å². The number of nitrogens with zero attached hydrogens (tertiary/aromatic N) is 1. The summed E-state index contributed by atoms with van der Waals surface area (Å²) in [6.45, 7) is 2.10. The fourth-order valence-electron chi connectivity index (χ4n) is 2.81. The summed E-state index contributed by atoms with van der Waals surface area (Å²) in [7, 11) is 0. The molecule has 2 atom stereocenters. The Hall–Kier alpha value is -2.54. The SMILES string of the molecule is CC(O)CN1CC2=C(C1=O)C(c1ccc(O)cc1)NC(=O)N2. The van der Waals surface area contributed by atoms with Crippen LogP contribution in [-0.4, -0.2) is 46.2 Å². The molecule has 0 radical (unpaired) electrons. The molecule has 116 valence electrons. The lowest BCUT2D eigenvalue weighted by atomic mass is 9.96. The van der Waals surface area contributed by atoms with Crippen LogP contribution in [0.25, 0.3) is 0 Å². The predicted octanol–water partition coefficient (Wildman–Crippen LogP) is 0.223. The van der Waals surface area contributed by atoms with E-state index in [1.807, 2.05) is 0 Å². The summed E-state index contributed by atoms with van der Waals surface area (Å²) in [6.07, 6.45) is -0.638. The minimum absolute atomic E-state index is 0.117. The van der Waals surface area contributed by atoms with Gasteiger partial charge in [0.25, 0.3) is 5.91 Å². The molecular formula is C15H17N3O4. The van der Waals surface area contributed by atoms with Crippen LogP contribution < -0.4 is 10.6 Å². The maximum atomic E-state index is 12.5. The molecule has 2 aliphatic heterocycles. The van der Waals surface area contributed by atoms with Gasteiger partial charge in [-0.3, -0.25) is 4.79 Å². The molecule has 0 spiro atoms. The quantitative estimate of drug-likeness (QED) is 0.641. The number of phenolic OH excluding ortho intramolecular Hbond substituents is 1. The number of hydrogen-bond donors (Lipinski definition) is 4. The molecule has 0 bridgehead atoms. The van der Waals surface area contributed by atoms with Gasteiger partial charge < -0.3 is 25.7 Å². The van der Waals surface area contributed by atoms with Crippen molar-refractivity contribution in [3.63, 3.8) is 0 Å². The number of aliphatic hydroxyl groups excluding tert-OH is 1. The lowest BCUT2D eigenvalue weighted by Gasteiger charge is -2.25. The van der Waals surface area contributed by atoms with E-state index >= 15 is 0 Å². The van der Waals surface area contributed by atoms with Gasteiger partial charge in [0.2, 0.25) is 0 Å². The van der Waals surface area contributed by atoms with Gasteiger partial charge in [-0.25, -0.2) is 4.79 Å². The van der Waals surface area contributed by atoms with Gasteiger partial charge in [-0.15, -0.1) is 0 Å². The van der Waals surface area contributed by atoms with Gasteiger partial charge in [-0.1, -0.05) is 12.1 Å². The Kier molecular flexibility index (Phi) is 3.50. The van der Waals surface area contributed by atoms with Gasteiger partial charge in [0.1, 0.15) is 5.75 Å². The standard InChI is InChI=1S/C15H17N3O4/c1-8(19)6-18-7-11-12(14(18)21)13(17-15(22)16-11)9-2-4-10(20)5-3-9/h2-5,8,13,19-20H,6-7H2,1H3,(H2,16,17,22). The van der Waals surface area contributed by atoms with Crippen molar-refractivity contribution in [2.75, 3.05) is 13.1 Å². The summed E-state index contributed by atoms with van der Waals surface area (Å²) in [5.41, 5.74) is 1.76. The molecule has 4 N–H and O–H groups in total. The second-order valence-corrected chi connectivity index (χ2v) is 5.55. The first-order valence-electron chi connectivity index (χ1n) is 7.02. The highest BCUT2D eigenvalue weighted by Gasteiger charge is 2.40. The smallest absolute Gasteiger partial charge is 0.319 e. The maximum Gasteiger partial charge on any atom is 0.319 e. The molecule has 0 fully saturated rings. The number of β-amino-alcohol motifs (C(OH)–C–C–N with tert-alkyl or cyclic N) is 1. The highest BCUT2D eigenvalue weighted by molar-refractivity contribution is 6.01.